The van der Waals surface area contributed by atoms with Crippen molar-refractivity contribution in [1.29, 1.82) is 0 Å². The highest BCUT2D eigenvalue weighted by Crippen LogP contribution is 2.46. The van der Waals surface area contributed by atoms with Gasteiger partial charge in [0.15, 0.2) is 11.7 Å². The van der Waals surface area contributed by atoms with Crippen molar-refractivity contribution in [3.05, 3.63) is 32.6 Å². The molecule has 2 N–H and O–H groups in total. The van der Waals surface area contributed by atoms with Gasteiger partial charge in [-0.05, 0) is 40.3 Å². The zero-order valence-corrected chi connectivity index (χ0v) is 19.0. The van der Waals surface area contributed by atoms with Gasteiger partial charge in [0.05, 0.1) is 23.7 Å². The molecule has 2 aromatic heterocycles. The number of nitrogens with one attached hydrogen (secondary N) is 2. The molecule has 0 aromatic carbocycles. The number of amides is 1. The number of aromatic nitrogens is 2. The van der Waals surface area contributed by atoms with Crippen LogP contribution in [0.4, 0.5) is 19.0 Å². The van der Waals surface area contributed by atoms with Gasteiger partial charge in [-0.1, -0.05) is 6.07 Å². The molecule has 7 nitrogen and oxygen atoms in total. The average Bonchev–Trinajstić information content (AvgIpc) is 3.39. The Hall–Kier alpha value is -1.63. The van der Waals surface area contributed by atoms with E-state index in [9.17, 15) is 18.0 Å². The standard InChI is InChI=1S/C19H23BrF3N5O2S/c20-15-16(18(29)24-4-2-5-27-6-8-30-9-7-27)26-28-14(19(21,22)23)11-12(25-17(15)28)13-3-1-10-31-13/h1,3,10,12,14,25H,2,4-9,11H2,(H,24,29)/t12-,14-/m0/s1. The summed E-state index contributed by atoms with van der Waals surface area (Å²) in [5.41, 5.74) is -0.0463. The molecule has 170 valence electrons. The lowest BCUT2D eigenvalue weighted by atomic mass is 10.0. The number of carbonyl (C=O) groups is 1. The van der Waals surface area contributed by atoms with E-state index in [-0.39, 0.29) is 22.4 Å². The van der Waals surface area contributed by atoms with E-state index in [0.29, 0.717) is 19.8 Å². The molecule has 0 spiro atoms. The number of halogens is 4. The van der Waals surface area contributed by atoms with Crippen molar-refractivity contribution in [2.75, 3.05) is 44.7 Å². The number of rotatable bonds is 6. The number of alkyl halides is 3. The van der Waals surface area contributed by atoms with E-state index >= 15 is 0 Å². The number of carbonyl (C=O) groups excluding carboxylic acids is 1. The van der Waals surface area contributed by atoms with Crippen molar-refractivity contribution in [2.45, 2.75) is 31.1 Å². The Labute approximate surface area is 190 Å². The Kier molecular flexibility index (Phi) is 6.89. The van der Waals surface area contributed by atoms with Gasteiger partial charge < -0.3 is 15.4 Å². The van der Waals surface area contributed by atoms with Crippen molar-refractivity contribution in [2.24, 2.45) is 0 Å². The van der Waals surface area contributed by atoms with Gasteiger partial charge in [-0.15, -0.1) is 11.3 Å². The summed E-state index contributed by atoms with van der Waals surface area (Å²) in [6, 6.07) is 1.30. The number of ether oxygens (including phenoxy) is 1. The van der Waals surface area contributed by atoms with Gasteiger partial charge in [-0.3, -0.25) is 9.69 Å². The Morgan fingerprint density at radius 1 is 1.39 bits per heavy atom. The first-order valence-electron chi connectivity index (χ1n) is 10.1. The second kappa shape index (κ2) is 9.47. The molecule has 1 fully saturated rings. The maximum absolute atomic E-state index is 13.8. The maximum atomic E-state index is 13.8. The van der Waals surface area contributed by atoms with Crippen LogP contribution in [0, 0.1) is 0 Å². The SMILES string of the molecule is O=C(NCCCN1CCOCC1)c1nn2c(c1Br)N[C@H](c1cccs1)C[C@H]2C(F)(F)F. The van der Waals surface area contributed by atoms with Gasteiger partial charge in [0.2, 0.25) is 0 Å². The van der Waals surface area contributed by atoms with Crippen LogP contribution < -0.4 is 10.6 Å². The number of morpholine rings is 1. The Bertz CT molecular complexity index is 899. The van der Waals surface area contributed by atoms with Crippen molar-refractivity contribution in [1.82, 2.24) is 20.0 Å². The van der Waals surface area contributed by atoms with Gasteiger partial charge in [0, 0.05) is 30.9 Å². The number of thiophene rings is 1. The molecule has 1 amide bonds. The molecule has 4 heterocycles. The molecule has 0 unspecified atom stereocenters. The third-order valence-electron chi connectivity index (χ3n) is 5.44. The fraction of sp³-hybridized carbons (Fsp3) is 0.579. The topological polar surface area (TPSA) is 71.4 Å². The molecule has 0 bridgehead atoms. The lowest BCUT2D eigenvalue weighted by Crippen LogP contribution is -2.38. The molecule has 1 saturated heterocycles. The highest BCUT2D eigenvalue weighted by atomic mass is 79.9. The molecular formula is C19H23BrF3N5O2S. The lowest BCUT2D eigenvalue weighted by molar-refractivity contribution is -0.173. The summed E-state index contributed by atoms with van der Waals surface area (Å²) in [4.78, 5) is 15.7. The van der Waals surface area contributed by atoms with Gasteiger partial charge in [0.1, 0.15) is 5.82 Å². The minimum absolute atomic E-state index is 0.0463. The van der Waals surface area contributed by atoms with Crippen LogP contribution in [0.1, 0.15) is 40.3 Å². The predicted octanol–water partition coefficient (Wildman–Crippen LogP) is 3.82. The third kappa shape index (κ3) is 5.07. The summed E-state index contributed by atoms with van der Waals surface area (Å²) in [7, 11) is 0. The number of hydrogen-bond acceptors (Lipinski definition) is 6. The molecule has 4 rings (SSSR count). The van der Waals surface area contributed by atoms with E-state index in [2.05, 4.69) is 36.6 Å². The normalized spacial score (nSPS) is 22.1. The van der Waals surface area contributed by atoms with Crippen molar-refractivity contribution in [3.8, 4) is 0 Å². The molecule has 2 aliphatic rings. The first kappa shape index (κ1) is 22.6. The van der Waals surface area contributed by atoms with Gasteiger partial charge in [-0.25, -0.2) is 4.68 Å². The molecule has 2 aliphatic heterocycles. The van der Waals surface area contributed by atoms with Gasteiger partial charge in [-0.2, -0.15) is 18.3 Å². The zero-order chi connectivity index (χ0) is 22.0. The first-order valence-corrected chi connectivity index (χ1v) is 11.7. The second-order valence-corrected chi connectivity index (χ2v) is 9.30. The molecule has 2 aromatic rings. The van der Waals surface area contributed by atoms with E-state index < -0.39 is 24.2 Å². The molecule has 2 atom stereocenters. The quantitative estimate of drug-likeness (QED) is 0.565. The highest BCUT2D eigenvalue weighted by molar-refractivity contribution is 9.10. The smallest absolute Gasteiger partial charge is 0.379 e. The first-order chi connectivity index (χ1) is 14.8. The number of anilines is 1. The Morgan fingerprint density at radius 2 is 2.16 bits per heavy atom. The van der Waals surface area contributed by atoms with E-state index in [4.69, 9.17) is 4.74 Å². The summed E-state index contributed by atoms with van der Waals surface area (Å²) in [5.74, 6) is -0.323. The minimum atomic E-state index is -4.48. The monoisotopic (exact) mass is 521 g/mol. The van der Waals surface area contributed by atoms with Crippen LogP contribution in [0.2, 0.25) is 0 Å². The van der Waals surface area contributed by atoms with Crippen LogP contribution in [0.3, 0.4) is 0 Å². The van der Waals surface area contributed by atoms with Gasteiger partial charge >= 0.3 is 6.18 Å². The molecular weight excluding hydrogens is 499 g/mol. The van der Waals surface area contributed by atoms with E-state index in [1.54, 1.807) is 12.1 Å². The van der Waals surface area contributed by atoms with Crippen LogP contribution in [0.15, 0.2) is 22.0 Å². The van der Waals surface area contributed by atoms with Crippen molar-refractivity contribution in [3.63, 3.8) is 0 Å². The summed E-state index contributed by atoms with van der Waals surface area (Å²) in [6.45, 7) is 4.38. The van der Waals surface area contributed by atoms with Crippen molar-refractivity contribution >= 4 is 39.0 Å². The maximum Gasteiger partial charge on any atom is 0.410 e. The van der Waals surface area contributed by atoms with E-state index in [0.717, 1.165) is 35.6 Å². The molecule has 0 aliphatic carbocycles. The predicted molar refractivity (Wildman–Crippen MR) is 115 cm³/mol. The number of nitrogens with zero attached hydrogens (tertiary/aromatic N) is 3. The van der Waals surface area contributed by atoms with Crippen LogP contribution >= 0.6 is 27.3 Å². The fourth-order valence-corrected chi connectivity index (χ4v) is 5.17. The Morgan fingerprint density at radius 3 is 2.84 bits per heavy atom. The number of fused-ring (bicyclic) bond motifs is 1. The van der Waals surface area contributed by atoms with Crippen LogP contribution in [-0.2, 0) is 4.74 Å². The summed E-state index contributed by atoms with van der Waals surface area (Å²) >= 11 is 4.70. The number of hydrogen-bond donors (Lipinski definition) is 2. The molecule has 0 radical (unpaired) electrons. The lowest BCUT2D eigenvalue weighted by Gasteiger charge is -2.33. The zero-order valence-electron chi connectivity index (χ0n) is 16.6. The van der Waals surface area contributed by atoms with Gasteiger partial charge in [0.25, 0.3) is 5.91 Å². The van der Waals surface area contributed by atoms with Crippen LogP contribution in [0.5, 0.6) is 0 Å². The minimum Gasteiger partial charge on any atom is -0.379 e. The third-order valence-corrected chi connectivity index (χ3v) is 7.17. The summed E-state index contributed by atoms with van der Waals surface area (Å²) < 4.78 is 47.8. The van der Waals surface area contributed by atoms with Crippen LogP contribution in [-0.4, -0.2) is 66.2 Å². The summed E-state index contributed by atoms with van der Waals surface area (Å²) in [6.07, 6.45) is -3.93. The largest absolute Gasteiger partial charge is 0.410 e. The van der Waals surface area contributed by atoms with E-state index in [1.165, 1.54) is 11.3 Å². The fourth-order valence-electron chi connectivity index (χ4n) is 3.82. The molecule has 12 heteroatoms. The highest BCUT2D eigenvalue weighted by Gasteiger charge is 2.47. The van der Waals surface area contributed by atoms with E-state index in [1.807, 2.05) is 5.38 Å². The van der Waals surface area contributed by atoms with Crippen LogP contribution in [0.25, 0.3) is 0 Å². The second-order valence-electron chi connectivity index (χ2n) is 7.52. The average molecular weight is 522 g/mol. The Balaban J connectivity index is 1.45. The molecule has 0 saturated carbocycles. The van der Waals surface area contributed by atoms with Crippen molar-refractivity contribution < 1.29 is 22.7 Å². The molecule has 31 heavy (non-hydrogen) atoms. The summed E-state index contributed by atoms with van der Waals surface area (Å²) in [5, 5.41) is 11.8.